The number of rotatable bonds is 1. The predicted molar refractivity (Wildman–Crippen MR) is 56.9 cm³/mol. The van der Waals surface area contributed by atoms with E-state index in [1.807, 2.05) is 24.3 Å². The summed E-state index contributed by atoms with van der Waals surface area (Å²) < 4.78 is 5.53. The third-order valence-electron chi connectivity index (χ3n) is 2.43. The molecule has 3 nitrogen and oxygen atoms in total. The summed E-state index contributed by atoms with van der Waals surface area (Å²) in [5, 5.41) is 1.87. The summed E-state index contributed by atoms with van der Waals surface area (Å²) in [5.74, 6) is 0. The van der Waals surface area contributed by atoms with Crippen molar-refractivity contribution in [1.82, 2.24) is 4.98 Å². The van der Waals surface area contributed by atoms with Crippen molar-refractivity contribution in [2.24, 2.45) is 0 Å². The van der Waals surface area contributed by atoms with E-state index in [-0.39, 0.29) is 0 Å². The van der Waals surface area contributed by atoms with Crippen LogP contribution in [-0.2, 0) is 0 Å². The maximum atomic E-state index is 10.8. The van der Waals surface area contributed by atoms with Gasteiger partial charge in [0.05, 0.1) is 5.56 Å². The molecular formula is C12H7NO2. The van der Waals surface area contributed by atoms with E-state index in [1.54, 1.807) is 12.3 Å². The van der Waals surface area contributed by atoms with E-state index >= 15 is 0 Å². The van der Waals surface area contributed by atoms with Gasteiger partial charge in [-0.1, -0.05) is 12.1 Å². The number of hydrogen-bond donors (Lipinski definition) is 0. The molecule has 15 heavy (non-hydrogen) atoms. The average molecular weight is 197 g/mol. The Morgan fingerprint density at radius 2 is 2.00 bits per heavy atom. The number of aromatic nitrogens is 1. The smallest absolute Gasteiger partial charge is 0.227 e. The van der Waals surface area contributed by atoms with Crippen LogP contribution in [0.5, 0.6) is 0 Å². The number of carbonyl (C=O) groups excluding carboxylic acids is 1. The van der Waals surface area contributed by atoms with Gasteiger partial charge in [0.1, 0.15) is 5.58 Å². The number of fused-ring (bicyclic) bond motifs is 3. The van der Waals surface area contributed by atoms with Crippen molar-refractivity contribution in [1.29, 1.82) is 0 Å². The van der Waals surface area contributed by atoms with E-state index in [0.717, 1.165) is 17.1 Å². The molecule has 1 aromatic carbocycles. The number of hydrogen-bond acceptors (Lipinski definition) is 3. The third kappa shape index (κ3) is 1.06. The quantitative estimate of drug-likeness (QED) is 0.563. The van der Waals surface area contributed by atoms with Crippen molar-refractivity contribution in [3.05, 3.63) is 42.1 Å². The van der Waals surface area contributed by atoms with Gasteiger partial charge in [-0.15, -0.1) is 0 Å². The Hall–Kier alpha value is -2.16. The van der Waals surface area contributed by atoms with E-state index in [1.165, 1.54) is 0 Å². The Labute approximate surface area is 85.3 Å². The number of aldehydes is 1. The second-order valence-electron chi connectivity index (χ2n) is 3.30. The Morgan fingerprint density at radius 1 is 1.13 bits per heavy atom. The molecule has 0 bridgehead atoms. The first-order valence-electron chi connectivity index (χ1n) is 4.61. The maximum Gasteiger partial charge on any atom is 0.227 e. The molecule has 0 radical (unpaired) electrons. The second-order valence-corrected chi connectivity index (χ2v) is 3.30. The van der Waals surface area contributed by atoms with E-state index < -0.39 is 0 Å². The normalized spacial score (nSPS) is 10.9. The summed E-state index contributed by atoms with van der Waals surface area (Å²) in [4.78, 5) is 14.9. The first-order chi connectivity index (χ1) is 7.40. The molecule has 0 fully saturated rings. The summed E-state index contributed by atoms with van der Waals surface area (Å²) in [6, 6.07) is 9.29. The van der Waals surface area contributed by atoms with Crippen LogP contribution in [0, 0.1) is 0 Å². The molecule has 2 aromatic heterocycles. The number of pyridine rings is 1. The van der Waals surface area contributed by atoms with Crippen LogP contribution < -0.4 is 0 Å². The molecule has 2 heterocycles. The minimum Gasteiger partial charge on any atom is -0.437 e. The molecule has 0 saturated heterocycles. The summed E-state index contributed by atoms with van der Waals surface area (Å²) in [5.41, 5.74) is 1.74. The first kappa shape index (κ1) is 8.17. The zero-order chi connectivity index (χ0) is 10.3. The van der Waals surface area contributed by atoms with Crippen molar-refractivity contribution in [2.75, 3.05) is 0 Å². The van der Waals surface area contributed by atoms with Crippen LogP contribution in [0.15, 0.2) is 40.9 Å². The fourth-order valence-corrected chi connectivity index (χ4v) is 1.75. The summed E-state index contributed by atoms with van der Waals surface area (Å²) in [6.07, 6.45) is 2.47. The van der Waals surface area contributed by atoms with E-state index in [9.17, 15) is 4.79 Å². The monoisotopic (exact) mass is 197 g/mol. The molecular weight excluding hydrogens is 190 g/mol. The van der Waals surface area contributed by atoms with Gasteiger partial charge in [-0.05, 0) is 18.2 Å². The van der Waals surface area contributed by atoms with Gasteiger partial charge in [-0.25, -0.2) is 4.98 Å². The Bertz CT molecular complexity index is 655. The second kappa shape index (κ2) is 2.92. The van der Waals surface area contributed by atoms with Crippen LogP contribution in [0.3, 0.4) is 0 Å². The zero-order valence-corrected chi connectivity index (χ0v) is 7.81. The lowest BCUT2D eigenvalue weighted by atomic mass is 10.1. The number of nitrogens with zero attached hydrogens (tertiary/aromatic N) is 1. The Balaban J connectivity index is 2.59. The molecule has 3 heteroatoms. The SMILES string of the molecule is O=Cc1cccc2c1oc1ncccc12. The van der Waals surface area contributed by atoms with Crippen molar-refractivity contribution < 1.29 is 9.21 Å². The van der Waals surface area contributed by atoms with Crippen LogP contribution in [0.4, 0.5) is 0 Å². The van der Waals surface area contributed by atoms with Crippen LogP contribution >= 0.6 is 0 Å². The van der Waals surface area contributed by atoms with Gasteiger partial charge < -0.3 is 4.42 Å². The summed E-state index contributed by atoms with van der Waals surface area (Å²) in [7, 11) is 0. The maximum absolute atomic E-state index is 10.8. The molecule has 0 amide bonds. The van der Waals surface area contributed by atoms with Crippen molar-refractivity contribution in [3.8, 4) is 0 Å². The molecule has 0 atom stereocenters. The Kier molecular flexibility index (Phi) is 1.59. The molecule has 0 spiro atoms. The average Bonchev–Trinajstić information content (AvgIpc) is 2.67. The lowest BCUT2D eigenvalue weighted by Crippen LogP contribution is -1.78. The number of carbonyl (C=O) groups is 1. The molecule has 0 aliphatic rings. The van der Waals surface area contributed by atoms with Gasteiger partial charge in [0.25, 0.3) is 0 Å². The number of para-hydroxylation sites is 1. The molecule has 3 aromatic rings. The minimum atomic E-state index is 0.561. The number of furan rings is 1. The van der Waals surface area contributed by atoms with Crippen LogP contribution in [0.25, 0.3) is 22.1 Å². The van der Waals surface area contributed by atoms with Gasteiger partial charge in [0.2, 0.25) is 5.71 Å². The lowest BCUT2D eigenvalue weighted by molar-refractivity contribution is 0.112. The topological polar surface area (TPSA) is 43.1 Å². The van der Waals surface area contributed by atoms with Gasteiger partial charge in [-0.2, -0.15) is 0 Å². The standard InChI is InChI=1S/C12H7NO2/c14-7-8-3-1-4-9-10-5-2-6-13-12(10)15-11(8)9/h1-7H. The van der Waals surface area contributed by atoms with E-state index in [2.05, 4.69) is 4.98 Å². The third-order valence-corrected chi connectivity index (χ3v) is 2.43. The van der Waals surface area contributed by atoms with Crippen molar-refractivity contribution in [2.45, 2.75) is 0 Å². The Morgan fingerprint density at radius 3 is 2.87 bits per heavy atom. The van der Waals surface area contributed by atoms with Gasteiger partial charge >= 0.3 is 0 Å². The first-order valence-corrected chi connectivity index (χ1v) is 4.61. The molecule has 0 aliphatic heterocycles. The predicted octanol–water partition coefficient (Wildman–Crippen LogP) is 2.79. The van der Waals surface area contributed by atoms with Gasteiger partial charge in [0, 0.05) is 17.0 Å². The fourth-order valence-electron chi connectivity index (χ4n) is 1.75. The van der Waals surface area contributed by atoms with Crippen LogP contribution in [0.1, 0.15) is 10.4 Å². The fraction of sp³-hybridized carbons (Fsp3) is 0. The number of benzene rings is 1. The molecule has 3 rings (SSSR count). The lowest BCUT2D eigenvalue weighted by Gasteiger charge is -1.90. The summed E-state index contributed by atoms with van der Waals surface area (Å²) in [6.45, 7) is 0. The highest BCUT2D eigenvalue weighted by Crippen LogP contribution is 2.28. The van der Waals surface area contributed by atoms with Crippen LogP contribution in [0.2, 0.25) is 0 Å². The van der Waals surface area contributed by atoms with E-state index in [4.69, 9.17) is 4.42 Å². The van der Waals surface area contributed by atoms with Gasteiger partial charge in [-0.3, -0.25) is 4.79 Å². The van der Waals surface area contributed by atoms with Crippen molar-refractivity contribution in [3.63, 3.8) is 0 Å². The highest BCUT2D eigenvalue weighted by molar-refractivity contribution is 6.08. The van der Waals surface area contributed by atoms with Gasteiger partial charge in [0.15, 0.2) is 6.29 Å². The minimum absolute atomic E-state index is 0.561. The largest absolute Gasteiger partial charge is 0.437 e. The summed E-state index contributed by atoms with van der Waals surface area (Å²) >= 11 is 0. The molecule has 0 N–H and O–H groups in total. The molecule has 72 valence electrons. The van der Waals surface area contributed by atoms with Crippen LogP contribution in [-0.4, -0.2) is 11.3 Å². The highest BCUT2D eigenvalue weighted by atomic mass is 16.3. The highest BCUT2D eigenvalue weighted by Gasteiger charge is 2.09. The zero-order valence-electron chi connectivity index (χ0n) is 7.81. The molecule has 0 unspecified atom stereocenters. The molecule has 0 aliphatic carbocycles. The van der Waals surface area contributed by atoms with E-state index in [0.29, 0.717) is 16.9 Å². The van der Waals surface area contributed by atoms with Crippen molar-refractivity contribution >= 4 is 28.4 Å². The molecule has 0 saturated carbocycles.